The number of carbonyl (C=O) groups excluding carboxylic acids is 9. The van der Waals surface area contributed by atoms with Crippen LogP contribution in [-0.2, 0) is 144 Å². The zero-order valence-corrected chi connectivity index (χ0v) is 84.3. The Labute approximate surface area is 819 Å². The van der Waals surface area contributed by atoms with Crippen molar-refractivity contribution in [3.05, 3.63) is 177 Å². The van der Waals surface area contributed by atoms with Gasteiger partial charge in [0.25, 0.3) is 0 Å². The van der Waals surface area contributed by atoms with E-state index < -0.39 is 44.7 Å². The van der Waals surface area contributed by atoms with Crippen molar-refractivity contribution >= 4 is 105 Å². The van der Waals surface area contributed by atoms with Gasteiger partial charge in [0, 0.05) is 134 Å². The zero-order chi connectivity index (χ0) is 94.6. The van der Waals surface area contributed by atoms with Crippen LogP contribution in [0, 0.1) is 27.6 Å². The topological polar surface area (TPSA) is 390 Å². The molecule has 7 aliphatic heterocycles. The van der Waals surface area contributed by atoms with Gasteiger partial charge in [0.1, 0.15) is 30.3 Å². The molecule has 5 saturated heterocycles. The first-order chi connectivity index (χ1) is 62.9. The Balaban J connectivity index is 0.000000233. The number of fused-ring (bicyclic) bond motifs is 6. The van der Waals surface area contributed by atoms with Crippen LogP contribution in [0.25, 0.3) is 0 Å². The van der Waals surface area contributed by atoms with Crippen molar-refractivity contribution in [3.8, 4) is 0 Å². The standard InChI is InChI=1S/C39H47N5O6.C34H39N5O4.C10H18O3.2C8H14O3.C2H5I.Na.H2O/c1-6-38(15-18-49-19-16-38)35(47)44(24-28-11-8-7-10-27(28)23-43(5)36(48)50-37(2,3)4)25-32(45)41-30-14-13-26-21-39(22-29(26)20-30)31-12-9-17-40-33(31)42-34(39)46;1-3-33(12-15-43-16-13-33)32(42)39(21-25-8-5-4-7-24(25)20-35-2)22-29(40)37-27-11-10-23-18-34(19-26(23)17-27)28-9-6-14-36-30(28)38-31(34)41;1-3-10(9(11)13-4-2)5-7-12-8-6-10;1-2-8(7(9)10)3-5-11-6-4-8;1-2-11-8(9)7-3-5-10-6-4-7;1-2-3;;/h7-14,17,20H,6,15-16,18-19,21-25H2,1-5H3,(H,41,45)(H,40,42,46);4-11,14,17,35H,3,12-13,15-16,18-22H2,1-2H3,(H,37,40)(H,36,38,41);3-8H2,1-2H3;2-6H2,1H3,(H,9,10);7H,2-6H2,1H3;2H2,1H3;;1H2/q;;;;;;+1;/p-1/t39-;34-;;;;;;/m11....../s1. The molecule has 4 aromatic carbocycles. The maximum Gasteiger partial charge on any atom is 1.00 e. The van der Waals surface area contributed by atoms with Crippen LogP contribution in [0.2, 0.25) is 0 Å². The Bertz CT molecular complexity index is 4900. The van der Waals surface area contributed by atoms with Crippen molar-refractivity contribution < 1.29 is 126 Å². The number of hydrogen-bond acceptors (Lipinski definition) is 22. The first-order valence-corrected chi connectivity index (χ1v) is 48.1. The van der Waals surface area contributed by atoms with Crippen LogP contribution in [0.4, 0.5) is 27.8 Å². The molecule has 720 valence electrons. The van der Waals surface area contributed by atoms with Crippen LogP contribution in [-0.4, -0.2) is 211 Å². The maximum atomic E-state index is 14.4. The number of aliphatic carboxylic acids is 1. The molecule has 15 rings (SSSR count). The number of nitrogens with one attached hydrogen (secondary N) is 5. The van der Waals surface area contributed by atoms with Crippen molar-refractivity contribution in [2.75, 3.05) is 132 Å². The molecule has 2 aliphatic carbocycles. The van der Waals surface area contributed by atoms with Crippen molar-refractivity contribution in [1.82, 2.24) is 30.0 Å². The number of ether oxygens (including phenoxy) is 8. The van der Waals surface area contributed by atoms with Gasteiger partial charge >= 0.3 is 53.6 Å². The SMILES string of the molecule is CCC1(C(=O)N(CC(=O)Nc2ccc3c(c2)C[C@@]2(C3)C(=O)Nc3ncccc32)Cc2ccccc2CN(C)C(=O)OC(C)(C)C)CCOCC1.CCC1(C(=O)N(CC(=O)Nc2ccc3c(c2)C[C@@]2(C3)C(=O)Nc3ncccc32)Cc2ccccc2CNC)CCOCC1.CCC1(C(=O)O)CCOCC1.CCI.CCOC(=O)C1(CC)CCOCC1.CCOC(=O)C1CCOCC1.[Na+].[OH-]. The molecule has 0 saturated carbocycles. The number of carboxylic acids is 1. The Morgan fingerprint density at radius 2 is 0.872 bits per heavy atom. The summed E-state index contributed by atoms with van der Waals surface area (Å²) >= 11 is 2.29. The number of pyridine rings is 2. The van der Waals surface area contributed by atoms with E-state index in [1.54, 1.807) is 29.2 Å². The normalized spacial score (nSPS) is 19.3. The van der Waals surface area contributed by atoms with Gasteiger partial charge in [-0.15, -0.1) is 0 Å². The van der Waals surface area contributed by atoms with E-state index in [4.69, 9.17) is 43.0 Å². The number of esters is 2. The molecule has 2 aromatic heterocycles. The second-order valence-electron chi connectivity index (χ2n) is 36.3. The van der Waals surface area contributed by atoms with Crippen LogP contribution < -0.4 is 56.1 Å². The summed E-state index contributed by atoms with van der Waals surface area (Å²) in [4.78, 5) is 142. The Kier molecular flexibility index (Phi) is 42.3. The third kappa shape index (κ3) is 27.8. The number of anilines is 4. The molecule has 30 nitrogen and oxygen atoms in total. The van der Waals surface area contributed by atoms with Gasteiger partial charge in [-0.05, 0) is 243 Å². The summed E-state index contributed by atoms with van der Waals surface area (Å²) in [6, 6.07) is 34.9. The molecule has 0 radical (unpaired) electrons. The van der Waals surface area contributed by atoms with Gasteiger partial charge in [0.2, 0.25) is 35.4 Å². The molecule has 2 spiro atoms. The van der Waals surface area contributed by atoms with Gasteiger partial charge in [0.15, 0.2) is 0 Å². The zero-order valence-electron chi connectivity index (χ0n) is 80.1. The molecule has 7 amide bonds. The number of hydrogen-bond donors (Lipinski definition) is 6. The largest absolute Gasteiger partial charge is 1.00 e. The summed E-state index contributed by atoms with van der Waals surface area (Å²) in [5.41, 5.74) is 7.17. The second kappa shape index (κ2) is 51.3. The fourth-order valence-electron chi connectivity index (χ4n) is 18.9. The average molecular weight is 1960 g/mol. The summed E-state index contributed by atoms with van der Waals surface area (Å²) < 4.78 is 43.4. The molecular weight excluding hydrogens is 1820 g/mol. The number of halogens is 1. The number of alkyl halides is 1. The van der Waals surface area contributed by atoms with E-state index in [1.165, 1.54) is 9.33 Å². The minimum Gasteiger partial charge on any atom is -0.870 e. The molecule has 6 aromatic rings. The molecule has 0 bridgehead atoms. The molecule has 5 fully saturated rings. The number of amides is 7. The monoisotopic (exact) mass is 1960 g/mol. The van der Waals surface area contributed by atoms with Crippen LogP contribution in [0.15, 0.2) is 122 Å². The van der Waals surface area contributed by atoms with Crippen LogP contribution in [0.5, 0.6) is 0 Å². The van der Waals surface area contributed by atoms with Gasteiger partial charge < -0.3 is 89.8 Å². The predicted octanol–water partition coefficient (Wildman–Crippen LogP) is 11.9. The minimum absolute atomic E-state index is 0. The number of rotatable bonds is 25. The molecule has 32 heteroatoms. The summed E-state index contributed by atoms with van der Waals surface area (Å²) in [6.45, 7) is 27.6. The third-order valence-corrected chi connectivity index (χ3v) is 27.0. The first kappa shape index (κ1) is 109. The predicted molar refractivity (Wildman–Crippen MR) is 510 cm³/mol. The third-order valence-electron chi connectivity index (χ3n) is 27.0. The van der Waals surface area contributed by atoms with E-state index in [2.05, 4.69) is 72.1 Å². The van der Waals surface area contributed by atoms with E-state index >= 15 is 0 Å². The van der Waals surface area contributed by atoms with Crippen molar-refractivity contribution in [2.45, 2.75) is 227 Å². The number of carbonyl (C=O) groups is 10. The van der Waals surface area contributed by atoms with Crippen molar-refractivity contribution in [2.24, 2.45) is 27.6 Å². The van der Waals surface area contributed by atoms with Gasteiger partial charge in [0.05, 0.1) is 51.6 Å². The number of carboxylic acid groups (broad SMARTS) is 1. The van der Waals surface area contributed by atoms with Gasteiger partial charge in [-0.2, -0.15) is 0 Å². The van der Waals surface area contributed by atoms with Gasteiger partial charge in [-0.25, -0.2) is 14.8 Å². The fraction of sp³-hybridized carbons (Fsp3) is 0.564. The van der Waals surface area contributed by atoms with Crippen molar-refractivity contribution in [1.29, 1.82) is 0 Å². The summed E-state index contributed by atoms with van der Waals surface area (Å²) in [5, 5.41) is 24.1. The van der Waals surface area contributed by atoms with E-state index in [-0.39, 0.29) is 120 Å². The van der Waals surface area contributed by atoms with E-state index in [1.807, 2.05) is 172 Å². The molecule has 2 atom stereocenters. The van der Waals surface area contributed by atoms with E-state index in [9.17, 15) is 47.9 Å². The van der Waals surface area contributed by atoms with E-state index in [0.29, 0.717) is 199 Å². The van der Waals surface area contributed by atoms with Gasteiger partial charge in [-0.1, -0.05) is 130 Å². The molecule has 7 N–H and O–H groups in total. The smallest absolute Gasteiger partial charge is 0.870 e. The fourth-order valence-corrected chi connectivity index (χ4v) is 18.9. The Morgan fingerprint density at radius 1 is 0.504 bits per heavy atom. The summed E-state index contributed by atoms with van der Waals surface area (Å²) in [6.07, 6.45) is 15.1. The summed E-state index contributed by atoms with van der Waals surface area (Å²) in [7, 11) is 3.58. The minimum atomic E-state index is -0.707. The number of aromatic nitrogens is 2. The second-order valence-corrected chi connectivity index (χ2v) is 37.8. The Hall–Kier alpha value is -8.87. The molecular formula is C101H138IN10NaO20. The first-order valence-electron chi connectivity index (χ1n) is 46.6. The quantitative estimate of drug-likeness (QED) is 0.0102. The van der Waals surface area contributed by atoms with E-state index in [0.717, 1.165) is 87.7 Å². The molecule has 9 aliphatic rings. The number of benzene rings is 4. The van der Waals surface area contributed by atoms with Crippen LogP contribution in [0.1, 0.15) is 215 Å². The number of nitrogens with zero attached hydrogens (tertiary/aromatic N) is 5. The maximum absolute atomic E-state index is 14.4. The molecule has 9 heterocycles. The van der Waals surface area contributed by atoms with Gasteiger partial charge in [-0.3, -0.25) is 43.2 Å². The average Bonchev–Trinajstić information content (AvgIpc) is 1.57. The molecule has 133 heavy (non-hydrogen) atoms. The van der Waals surface area contributed by atoms with Crippen LogP contribution >= 0.6 is 22.6 Å². The summed E-state index contributed by atoms with van der Waals surface area (Å²) in [5.74, 6) is -0.179. The molecule has 0 unspecified atom stereocenters. The van der Waals surface area contributed by atoms with Crippen LogP contribution in [0.3, 0.4) is 0 Å². The Morgan fingerprint density at radius 3 is 1.25 bits per heavy atom. The van der Waals surface area contributed by atoms with Crippen molar-refractivity contribution in [3.63, 3.8) is 0 Å².